The van der Waals surface area contributed by atoms with Gasteiger partial charge in [-0.1, -0.05) is 0 Å². The fourth-order valence-electron chi connectivity index (χ4n) is 2.37. The zero-order valence-electron chi connectivity index (χ0n) is 11.0. The second kappa shape index (κ2) is 5.23. The van der Waals surface area contributed by atoms with Crippen LogP contribution in [0.5, 0.6) is 0 Å². The van der Waals surface area contributed by atoms with E-state index in [1.807, 2.05) is 0 Å². The van der Waals surface area contributed by atoms with Crippen LogP contribution in [0.2, 0.25) is 0 Å². The van der Waals surface area contributed by atoms with Crippen molar-refractivity contribution in [2.24, 2.45) is 0 Å². The Morgan fingerprint density at radius 1 is 1.53 bits per heavy atom. The first-order chi connectivity index (χ1) is 9.20. The maximum Gasteiger partial charge on any atom is 0.150 e. The molecule has 1 aliphatic heterocycles. The van der Waals surface area contributed by atoms with Crippen molar-refractivity contribution in [2.45, 2.75) is 26.0 Å². The summed E-state index contributed by atoms with van der Waals surface area (Å²) >= 11 is 7.63. The molecule has 4 nitrogen and oxygen atoms in total. The molecular weight excluding hydrogens is 282 g/mol. The Morgan fingerprint density at radius 2 is 2.37 bits per heavy atom. The molecule has 0 saturated carbocycles. The Morgan fingerprint density at radius 3 is 3.16 bits per heavy atom. The molecule has 2 unspecified atom stereocenters. The van der Waals surface area contributed by atoms with E-state index in [0.717, 1.165) is 22.6 Å². The molecule has 102 valence electrons. The molecule has 2 atom stereocenters. The summed E-state index contributed by atoms with van der Waals surface area (Å²) in [6, 6.07) is 0.306. The molecule has 0 aromatic carbocycles. The molecular formula is C13H16ClN3OS. The quantitative estimate of drug-likeness (QED) is 0.799. The summed E-state index contributed by atoms with van der Waals surface area (Å²) in [6.45, 7) is 5.71. The molecule has 0 amide bonds. The largest absolute Gasteiger partial charge is 0.373 e. The van der Waals surface area contributed by atoms with E-state index in [2.05, 4.69) is 34.1 Å². The number of hydrogen-bond acceptors (Lipinski definition) is 5. The van der Waals surface area contributed by atoms with Gasteiger partial charge in [-0.15, -0.1) is 22.9 Å². The average molecular weight is 298 g/mol. The molecule has 19 heavy (non-hydrogen) atoms. The minimum Gasteiger partial charge on any atom is -0.373 e. The van der Waals surface area contributed by atoms with E-state index in [0.29, 0.717) is 18.5 Å². The molecule has 0 bridgehead atoms. The zero-order valence-corrected chi connectivity index (χ0v) is 12.5. The molecule has 2 aromatic heterocycles. The van der Waals surface area contributed by atoms with Crippen molar-refractivity contribution in [3.63, 3.8) is 0 Å². The average Bonchev–Trinajstić information content (AvgIpc) is 2.81. The van der Waals surface area contributed by atoms with E-state index in [4.69, 9.17) is 16.3 Å². The third kappa shape index (κ3) is 2.30. The summed E-state index contributed by atoms with van der Waals surface area (Å²) in [7, 11) is 0. The van der Waals surface area contributed by atoms with Gasteiger partial charge < -0.3 is 9.64 Å². The number of aryl methyl sites for hydroxylation is 1. The molecule has 0 aliphatic carbocycles. The van der Waals surface area contributed by atoms with Gasteiger partial charge in [0.1, 0.15) is 12.1 Å². The Bertz CT molecular complexity index is 588. The summed E-state index contributed by atoms with van der Waals surface area (Å²) in [5.74, 6) is 1.52. The number of halogens is 1. The molecule has 3 rings (SSSR count). The highest BCUT2D eigenvalue weighted by molar-refractivity contribution is 7.18. The van der Waals surface area contributed by atoms with E-state index >= 15 is 0 Å². The van der Waals surface area contributed by atoms with Gasteiger partial charge in [0.25, 0.3) is 0 Å². The van der Waals surface area contributed by atoms with Crippen molar-refractivity contribution in [1.82, 2.24) is 9.97 Å². The van der Waals surface area contributed by atoms with Gasteiger partial charge in [-0.05, 0) is 24.8 Å². The Kier molecular flexibility index (Phi) is 3.60. The summed E-state index contributed by atoms with van der Waals surface area (Å²) in [4.78, 5) is 11.2. The maximum atomic E-state index is 5.92. The van der Waals surface area contributed by atoms with Gasteiger partial charge in [-0.25, -0.2) is 9.97 Å². The lowest BCUT2D eigenvalue weighted by molar-refractivity contribution is 0.0363. The van der Waals surface area contributed by atoms with Gasteiger partial charge in [0.2, 0.25) is 0 Å². The first-order valence-electron chi connectivity index (χ1n) is 6.33. The van der Waals surface area contributed by atoms with Gasteiger partial charge >= 0.3 is 0 Å². The van der Waals surface area contributed by atoms with Crippen molar-refractivity contribution < 1.29 is 4.74 Å². The molecule has 6 heteroatoms. The predicted octanol–water partition coefficient (Wildman–Crippen LogP) is 2.83. The molecule has 0 spiro atoms. The Balaban J connectivity index is 2.02. The third-order valence-corrected chi connectivity index (χ3v) is 4.89. The highest BCUT2D eigenvalue weighted by Gasteiger charge is 2.28. The lowest BCUT2D eigenvalue weighted by Gasteiger charge is -2.38. The van der Waals surface area contributed by atoms with Crippen LogP contribution in [0.3, 0.4) is 0 Å². The van der Waals surface area contributed by atoms with Crippen LogP contribution >= 0.6 is 22.9 Å². The molecule has 1 aliphatic rings. The lowest BCUT2D eigenvalue weighted by Crippen LogP contribution is -2.49. The highest BCUT2D eigenvalue weighted by Crippen LogP contribution is 2.32. The van der Waals surface area contributed by atoms with Crippen molar-refractivity contribution in [3.8, 4) is 0 Å². The van der Waals surface area contributed by atoms with E-state index in [1.165, 1.54) is 5.56 Å². The van der Waals surface area contributed by atoms with Crippen LogP contribution in [0.4, 0.5) is 5.82 Å². The number of rotatable bonds is 2. The lowest BCUT2D eigenvalue weighted by atomic mass is 10.2. The molecule has 1 saturated heterocycles. The first-order valence-corrected chi connectivity index (χ1v) is 7.75. The normalized spacial score (nSPS) is 24.1. The molecule has 0 radical (unpaired) electrons. The number of anilines is 1. The van der Waals surface area contributed by atoms with Gasteiger partial charge in [0, 0.05) is 6.54 Å². The number of hydrogen-bond donors (Lipinski definition) is 0. The summed E-state index contributed by atoms with van der Waals surface area (Å²) < 4.78 is 6.85. The topological polar surface area (TPSA) is 38.2 Å². The number of morpholine rings is 1. The minimum atomic E-state index is 0.0731. The third-order valence-electron chi connectivity index (χ3n) is 3.46. The van der Waals surface area contributed by atoms with Crippen LogP contribution < -0.4 is 4.90 Å². The standard InChI is InChI=1S/C13H16ClN3OS/c1-8-6-19-12-11(8)15-7-16-13(12)17-4-10(3-14)18-5-9(17)2/h6-7,9-10H,3-5H2,1-2H3. The molecule has 3 heterocycles. The maximum absolute atomic E-state index is 5.92. The highest BCUT2D eigenvalue weighted by atomic mass is 35.5. The van der Waals surface area contributed by atoms with E-state index in [9.17, 15) is 0 Å². The van der Waals surface area contributed by atoms with Gasteiger partial charge in [-0.2, -0.15) is 0 Å². The van der Waals surface area contributed by atoms with E-state index < -0.39 is 0 Å². The molecule has 2 aromatic rings. The fraction of sp³-hybridized carbons (Fsp3) is 0.538. The summed E-state index contributed by atoms with van der Waals surface area (Å²) in [6.07, 6.45) is 1.72. The van der Waals surface area contributed by atoms with E-state index in [-0.39, 0.29) is 6.10 Å². The minimum absolute atomic E-state index is 0.0731. The van der Waals surface area contributed by atoms with Crippen LogP contribution in [-0.4, -0.2) is 41.1 Å². The number of ether oxygens (including phenoxy) is 1. The Labute approximate surface area is 121 Å². The zero-order chi connectivity index (χ0) is 13.4. The van der Waals surface area contributed by atoms with Crippen molar-refractivity contribution in [2.75, 3.05) is 23.9 Å². The number of aromatic nitrogens is 2. The van der Waals surface area contributed by atoms with Crippen LogP contribution in [0.25, 0.3) is 10.2 Å². The number of fused-ring (bicyclic) bond motifs is 1. The second-order valence-electron chi connectivity index (χ2n) is 4.90. The summed E-state index contributed by atoms with van der Waals surface area (Å²) in [5.41, 5.74) is 2.26. The SMILES string of the molecule is Cc1csc2c(N3CC(CCl)OCC3C)ncnc12. The predicted molar refractivity (Wildman–Crippen MR) is 79.4 cm³/mol. The van der Waals surface area contributed by atoms with Crippen molar-refractivity contribution in [1.29, 1.82) is 0 Å². The number of alkyl halides is 1. The number of nitrogens with zero attached hydrogens (tertiary/aromatic N) is 3. The Hall–Kier alpha value is -0.910. The monoisotopic (exact) mass is 297 g/mol. The van der Waals surface area contributed by atoms with Gasteiger partial charge in [-0.3, -0.25) is 0 Å². The van der Waals surface area contributed by atoms with E-state index in [1.54, 1.807) is 17.7 Å². The second-order valence-corrected chi connectivity index (χ2v) is 6.09. The first kappa shape index (κ1) is 13.1. The van der Waals surface area contributed by atoms with Gasteiger partial charge in [0.15, 0.2) is 0 Å². The van der Waals surface area contributed by atoms with Crippen LogP contribution in [0.1, 0.15) is 12.5 Å². The van der Waals surface area contributed by atoms with Crippen LogP contribution in [0.15, 0.2) is 11.7 Å². The van der Waals surface area contributed by atoms with Gasteiger partial charge in [0.05, 0.1) is 34.8 Å². The smallest absolute Gasteiger partial charge is 0.150 e. The van der Waals surface area contributed by atoms with Crippen molar-refractivity contribution in [3.05, 3.63) is 17.3 Å². The van der Waals surface area contributed by atoms with Crippen LogP contribution in [0, 0.1) is 6.92 Å². The molecule has 0 N–H and O–H groups in total. The summed E-state index contributed by atoms with van der Waals surface area (Å²) in [5, 5.41) is 2.13. The number of thiophene rings is 1. The molecule has 1 fully saturated rings. The van der Waals surface area contributed by atoms with Crippen molar-refractivity contribution >= 4 is 39.0 Å². The van der Waals surface area contributed by atoms with Crippen LogP contribution in [-0.2, 0) is 4.74 Å². The fourth-order valence-corrected chi connectivity index (χ4v) is 3.56.